The first-order chi connectivity index (χ1) is 9.24. The second kappa shape index (κ2) is 6.38. The second-order valence-electron chi connectivity index (χ2n) is 4.58. The Morgan fingerprint density at radius 3 is 2.89 bits per heavy atom. The van der Waals surface area contributed by atoms with E-state index in [0.717, 1.165) is 17.9 Å². The summed E-state index contributed by atoms with van der Waals surface area (Å²) >= 11 is 0. The topological polar surface area (TPSA) is 47.3 Å². The zero-order valence-electron chi connectivity index (χ0n) is 11.6. The number of rotatable bonds is 6. The largest absolute Gasteiger partial charge is 0.417 e. The Morgan fingerprint density at radius 1 is 1.37 bits per heavy atom. The van der Waals surface area contributed by atoms with E-state index in [9.17, 15) is 0 Å². The van der Waals surface area contributed by atoms with Gasteiger partial charge in [0.25, 0.3) is 0 Å². The van der Waals surface area contributed by atoms with E-state index in [1.165, 1.54) is 5.56 Å². The van der Waals surface area contributed by atoms with Crippen LogP contribution >= 0.6 is 0 Å². The van der Waals surface area contributed by atoms with Crippen LogP contribution in [0.25, 0.3) is 0 Å². The van der Waals surface area contributed by atoms with Crippen molar-refractivity contribution in [1.82, 2.24) is 10.3 Å². The zero-order valence-corrected chi connectivity index (χ0v) is 11.6. The number of hydrogen-bond acceptors (Lipinski definition) is 4. The predicted octanol–water partition coefficient (Wildman–Crippen LogP) is 3.70. The number of oxazole rings is 1. The molecule has 1 unspecified atom stereocenters. The fraction of sp³-hybridized carbons (Fsp3) is 0.400. The van der Waals surface area contributed by atoms with Crippen molar-refractivity contribution < 1.29 is 9.15 Å². The van der Waals surface area contributed by atoms with Crippen molar-refractivity contribution in [2.45, 2.75) is 32.7 Å². The van der Waals surface area contributed by atoms with E-state index in [1.807, 2.05) is 25.2 Å². The summed E-state index contributed by atoms with van der Waals surface area (Å²) in [7, 11) is 1.87. The van der Waals surface area contributed by atoms with Crippen molar-refractivity contribution in [2.75, 3.05) is 7.05 Å². The standard InChI is InChI=1S/C15H20N2O2/c1-4-11(2)13-7-5-6-8-14(13)19-15-17-12(9-16-3)10-18-15/h5-8,10-11,16H,4,9H2,1-3H3. The molecule has 1 aromatic heterocycles. The van der Waals surface area contributed by atoms with E-state index in [-0.39, 0.29) is 0 Å². The Bertz CT molecular complexity index is 522. The fourth-order valence-electron chi connectivity index (χ4n) is 1.89. The molecule has 1 heterocycles. The molecule has 4 heteroatoms. The summed E-state index contributed by atoms with van der Waals surface area (Å²) in [5, 5.41) is 3.02. The molecule has 4 nitrogen and oxygen atoms in total. The summed E-state index contributed by atoms with van der Waals surface area (Å²) < 4.78 is 11.1. The Hall–Kier alpha value is -1.81. The van der Waals surface area contributed by atoms with Crippen molar-refractivity contribution >= 4 is 0 Å². The molecular weight excluding hydrogens is 240 g/mol. The van der Waals surface area contributed by atoms with Crippen LogP contribution in [-0.4, -0.2) is 12.0 Å². The van der Waals surface area contributed by atoms with E-state index in [0.29, 0.717) is 18.5 Å². The lowest BCUT2D eigenvalue weighted by Crippen LogP contribution is -2.05. The summed E-state index contributed by atoms with van der Waals surface area (Å²) in [4.78, 5) is 4.27. The van der Waals surface area contributed by atoms with Crippen LogP contribution < -0.4 is 10.1 Å². The van der Waals surface area contributed by atoms with Gasteiger partial charge in [-0.1, -0.05) is 32.0 Å². The molecule has 2 rings (SSSR count). The van der Waals surface area contributed by atoms with E-state index in [4.69, 9.17) is 9.15 Å². The van der Waals surface area contributed by atoms with Gasteiger partial charge in [0, 0.05) is 6.54 Å². The lowest BCUT2D eigenvalue weighted by molar-refractivity contribution is 0.327. The normalized spacial score (nSPS) is 12.4. The number of hydrogen-bond donors (Lipinski definition) is 1. The smallest absolute Gasteiger partial charge is 0.399 e. The maximum Gasteiger partial charge on any atom is 0.399 e. The third kappa shape index (κ3) is 3.35. The third-order valence-corrected chi connectivity index (χ3v) is 3.15. The van der Waals surface area contributed by atoms with Gasteiger partial charge in [-0.05, 0) is 31.0 Å². The molecular formula is C15H20N2O2. The Balaban J connectivity index is 2.17. The number of benzene rings is 1. The Labute approximate surface area is 113 Å². The van der Waals surface area contributed by atoms with Crippen molar-refractivity contribution in [3.63, 3.8) is 0 Å². The van der Waals surface area contributed by atoms with Gasteiger partial charge in [-0.3, -0.25) is 0 Å². The van der Waals surface area contributed by atoms with Crippen LogP contribution in [-0.2, 0) is 6.54 Å². The average Bonchev–Trinajstić information content (AvgIpc) is 2.86. The number of aromatic nitrogens is 1. The highest BCUT2D eigenvalue weighted by molar-refractivity contribution is 5.37. The molecule has 2 aromatic rings. The Kier molecular flexibility index (Phi) is 4.58. The molecule has 0 bridgehead atoms. The summed E-state index contributed by atoms with van der Waals surface area (Å²) in [5.41, 5.74) is 2.01. The first-order valence-electron chi connectivity index (χ1n) is 6.60. The van der Waals surface area contributed by atoms with Crippen molar-refractivity contribution in [1.29, 1.82) is 0 Å². The molecule has 0 aliphatic heterocycles. The number of nitrogens with zero attached hydrogens (tertiary/aromatic N) is 1. The third-order valence-electron chi connectivity index (χ3n) is 3.15. The molecule has 0 saturated heterocycles. The SMILES string of the molecule is CCC(C)c1ccccc1Oc1nc(CNC)co1. The van der Waals surface area contributed by atoms with Gasteiger partial charge in [0.1, 0.15) is 12.0 Å². The molecule has 0 spiro atoms. The molecule has 19 heavy (non-hydrogen) atoms. The van der Waals surface area contributed by atoms with Gasteiger partial charge in [0.15, 0.2) is 0 Å². The summed E-state index contributed by atoms with van der Waals surface area (Å²) in [5.74, 6) is 1.26. The average molecular weight is 260 g/mol. The van der Waals surface area contributed by atoms with Crippen LogP contribution in [0, 0.1) is 0 Å². The van der Waals surface area contributed by atoms with Crippen LogP contribution in [0.4, 0.5) is 0 Å². The van der Waals surface area contributed by atoms with Crippen LogP contribution in [0.1, 0.15) is 37.4 Å². The van der Waals surface area contributed by atoms with Gasteiger partial charge in [-0.25, -0.2) is 0 Å². The van der Waals surface area contributed by atoms with Crippen molar-refractivity contribution in [2.24, 2.45) is 0 Å². The molecule has 102 valence electrons. The Morgan fingerprint density at radius 2 is 2.16 bits per heavy atom. The van der Waals surface area contributed by atoms with E-state index < -0.39 is 0 Å². The maximum absolute atomic E-state index is 5.75. The molecule has 0 radical (unpaired) electrons. The van der Waals surface area contributed by atoms with Crippen LogP contribution in [0.5, 0.6) is 11.8 Å². The molecule has 0 aliphatic carbocycles. The molecule has 1 aromatic carbocycles. The first kappa shape index (κ1) is 13.6. The quantitative estimate of drug-likeness (QED) is 0.860. The lowest BCUT2D eigenvalue weighted by atomic mass is 9.98. The van der Waals surface area contributed by atoms with Gasteiger partial charge >= 0.3 is 6.08 Å². The minimum absolute atomic E-state index is 0.293. The monoisotopic (exact) mass is 260 g/mol. The highest BCUT2D eigenvalue weighted by atomic mass is 16.6. The number of ether oxygens (including phenoxy) is 1. The molecule has 0 saturated carbocycles. The van der Waals surface area contributed by atoms with Crippen molar-refractivity contribution in [3.05, 3.63) is 41.8 Å². The van der Waals surface area contributed by atoms with Crippen LogP contribution in [0.2, 0.25) is 0 Å². The van der Waals surface area contributed by atoms with Gasteiger partial charge in [-0.15, -0.1) is 0 Å². The van der Waals surface area contributed by atoms with Gasteiger partial charge < -0.3 is 14.5 Å². The number of para-hydroxylation sites is 1. The van der Waals surface area contributed by atoms with Crippen LogP contribution in [0.3, 0.4) is 0 Å². The molecule has 1 atom stereocenters. The van der Waals surface area contributed by atoms with Gasteiger partial charge in [-0.2, -0.15) is 4.98 Å². The first-order valence-corrected chi connectivity index (χ1v) is 6.60. The maximum atomic E-state index is 5.75. The zero-order chi connectivity index (χ0) is 13.7. The summed E-state index contributed by atoms with van der Waals surface area (Å²) in [6, 6.07) is 8.01. The second-order valence-corrected chi connectivity index (χ2v) is 4.58. The highest BCUT2D eigenvalue weighted by Crippen LogP contribution is 2.31. The molecule has 0 amide bonds. The van der Waals surface area contributed by atoms with Crippen molar-refractivity contribution in [3.8, 4) is 11.8 Å². The van der Waals surface area contributed by atoms with Gasteiger partial charge in [0.2, 0.25) is 0 Å². The molecule has 0 fully saturated rings. The van der Waals surface area contributed by atoms with E-state index in [2.05, 4.69) is 30.2 Å². The summed E-state index contributed by atoms with van der Waals surface area (Å²) in [6.07, 6.45) is 2.97. The minimum atomic E-state index is 0.293. The van der Waals surface area contributed by atoms with E-state index >= 15 is 0 Å². The lowest BCUT2D eigenvalue weighted by Gasteiger charge is -2.13. The van der Waals surface area contributed by atoms with Gasteiger partial charge in [0.05, 0.1) is 5.69 Å². The molecule has 1 N–H and O–H groups in total. The number of nitrogens with one attached hydrogen (secondary N) is 1. The fourth-order valence-corrected chi connectivity index (χ4v) is 1.89. The highest BCUT2D eigenvalue weighted by Gasteiger charge is 2.12. The van der Waals surface area contributed by atoms with Crippen LogP contribution in [0.15, 0.2) is 34.9 Å². The molecule has 0 aliphatic rings. The minimum Gasteiger partial charge on any atom is -0.417 e. The van der Waals surface area contributed by atoms with E-state index in [1.54, 1.807) is 6.26 Å². The summed E-state index contributed by atoms with van der Waals surface area (Å²) in [6.45, 7) is 5.02. The predicted molar refractivity (Wildman–Crippen MR) is 74.5 cm³/mol.